The fourth-order valence-electron chi connectivity index (χ4n) is 0.254. The molecule has 0 amide bonds. The summed E-state index contributed by atoms with van der Waals surface area (Å²) in [5, 5.41) is 0. The van der Waals surface area contributed by atoms with Gasteiger partial charge in [0.1, 0.15) is 0 Å². The van der Waals surface area contributed by atoms with Crippen molar-refractivity contribution in [2.75, 3.05) is 6.54 Å². The second-order valence-corrected chi connectivity index (χ2v) is 1.17. The SMILES string of the molecule is CC=CC(=O)CN.F.F.F.F.[Ta]. The van der Waals surface area contributed by atoms with E-state index in [-0.39, 0.29) is 53.5 Å². The summed E-state index contributed by atoms with van der Waals surface area (Å²) in [6.45, 7) is 1.90. The molecule has 0 rings (SSSR count). The molecule has 0 aromatic heterocycles. The Hall–Kier alpha value is -0.170. The van der Waals surface area contributed by atoms with Crippen LogP contribution >= 0.6 is 0 Å². The van der Waals surface area contributed by atoms with Crippen LogP contribution in [0.15, 0.2) is 12.2 Å². The Labute approximate surface area is 83.6 Å². The van der Waals surface area contributed by atoms with Crippen molar-refractivity contribution in [1.82, 2.24) is 0 Å². The van der Waals surface area contributed by atoms with Crippen LogP contribution in [-0.4, -0.2) is 12.3 Å². The molecule has 2 nitrogen and oxygen atoms in total. The average Bonchev–Trinajstić information content (AvgIpc) is 1.68. The van der Waals surface area contributed by atoms with Gasteiger partial charge in [-0.2, -0.15) is 0 Å². The number of halogens is 4. The summed E-state index contributed by atoms with van der Waals surface area (Å²) in [5.74, 6) is -0.0255. The first-order valence-electron chi connectivity index (χ1n) is 2.17. The number of allylic oxidation sites excluding steroid dienone is 1. The molecule has 2 N–H and O–H groups in total. The number of rotatable bonds is 2. The molecule has 0 aliphatic heterocycles. The molecule has 0 aromatic carbocycles. The smallest absolute Gasteiger partial charge is 0.168 e. The van der Waals surface area contributed by atoms with Gasteiger partial charge in [0.05, 0.1) is 6.54 Å². The molecule has 0 spiro atoms. The third-order valence-corrected chi connectivity index (χ3v) is 0.554. The number of hydrogen-bond acceptors (Lipinski definition) is 2. The minimum Gasteiger partial charge on any atom is -0.324 e. The molecule has 1 radical (unpaired) electrons. The van der Waals surface area contributed by atoms with E-state index < -0.39 is 0 Å². The first-order chi connectivity index (χ1) is 3.31. The van der Waals surface area contributed by atoms with Crippen molar-refractivity contribution in [1.29, 1.82) is 0 Å². The van der Waals surface area contributed by atoms with Crippen molar-refractivity contribution in [3.63, 3.8) is 0 Å². The summed E-state index contributed by atoms with van der Waals surface area (Å²) in [5.41, 5.74) is 4.96. The third-order valence-electron chi connectivity index (χ3n) is 0.554. The number of carbonyl (C=O) groups is 1. The normalized spacial score (nSPS) is 5.83. The fourth-order valence-corrected chi connectivity index (χ4v) is 0.254. The first kappa shape index (κ1) is 40.8. The Bertz CT molecular complexity index is 101. The standard InChI is InChI=1S/C5H9NO.4FH.Ta/c1-2-3-5(7)4-6;;;;;/h2-3H,4,6H2,1H3;4*1H;. The third kappa shape index (κ3) is 32.9. The second kappa shape index (κ2) is 30.8. The fraction of sp³-hybridized carbons (Fsp3) is 0.400. The van der Waals surface area contributed by atoms with Gasteiger partial charge in [-0.25, -0.2) is 0 Å². The van der Waals surface area contributed by atoms with Crippen molar-refractivity contribution in [2.45, 2.75) is 6.92 Å². The predicted octanol–water partition coefficient (Wildman–Crippen LogP) is 0.698. The summed E-state index contributed by atoms with van der Waals surface area (Å²) in [4.78, 5) is 10.2. The Balaban J connectivity index is -0.0000000180. The summed E-state index contributed by atoms with van der Waals surface area (Å²) in [6.07, 6.45) is 3.13. The van der Waals surface area contributed by atoms with Gasteiger partial charge in [-0.3, -0.25) is 23.6 Å². The van der Waals surface area contributed by atoms with Crippen molar-refractivity contribution in [3.05, 3.63) is 12.2 Å². The van der Waals surface area contributed by atoms with E-state index in [0.29, 0.717) is 0 Å². The molecule has 0 fully saturated rings. The summed E-state index contributed by atoms with van der Waals surface area (Å²) in [7, 11) is 0. The van der Waals surface area contributed by atoms with Crippen LogP contribution in [0.3, 0.4) is 0 Å². The number of hydrogen-bond donors (Lipinski definition) is 1. The van der Waals surface area contributed by atoms with E-state index >= 15 is 0 Å². The van der Waals surface area contributed by atoms with E-state index in [1.165, 1.54) is 6.08 Å². The molecule has 0 unspecified atom stereocenters. The van der Waals surface area contributed by atoms with Crippen LogP contribution in [0.5, 0.6) is 0 Å². The molecular formula is C5H13F4NOTa. The van der Waals surface area contributed by atoms with E-state index in [9.17, 15) is 4.79 Å². The predicted molar refractivity (Wildman–Crippen MR) is 38.9 cm³/mol. The van der Waals surface area contributed by atoms with Crippen LogP contribution in [0.25, 0.3) is 0 Å². The van der Waals surface area contributed by atoms with Crippen molar-refractivity contribution in [3.8, 4) is 0 Å². The molecule has 0 aromatic rings. The zero-order valence-electron chi connectivity index (χ0n) is 6.43. The molecule has 0 aliphatic carbocycles. The van der Waals surface area contributed by atoms with Crippen LogP contribution in [0.1, 0.15) is 6.92 Å². The van der Waals surface area contributed by atoms with E-state index in [1.54, 1.807) is 13.0 Å². The zero-order chi connectivity index (χ0) is 5.70. The minimum absolute atomic E-state index is 0. The summed E-state index contributed by atoms with van der Waals surface area (Å²) in [6, 6.07) is 0. The van der Waals surface area contributed by atoms with Crippen LogP contribution in [0.2, 0.25) is 0 Å². The Morgan fingerprint density at radius 3 is 1.67 bits per heavy atom. The number of nitrogens with two attached hydrogens (primary N) is 1. The van der Waals surface area contributed by atoms with Crippen molar-refractivity contribution >= 4 is 5.78 Å². The van der Waals surface area contributed by atoms with E-state index in [2.05, 4.69) is 0 Å². The van der Waals surface area contributed by atoms with Gasteiger partial charge in [0.2, 0.25) is 0 Å². The van der Waals surface area contributed by atoms with E-state index in [4.69, 9.17) is 5.73 Å². The maximum atomic E-state index is 10.2. The van der Waals surface area contributed by atoms with Crippen LogP contribution in [0, 0.1) is 0 Å². The number of carbonyl (C=O) groups excluding carboxylic acids is 1. The van der Waals surface area contributed by atoms with Crippen LogP contribution in [-0.2, 0) is 27.2 Å². The maximum absolute atomic E-state index is 10.2. The topological polar surface area (TPSA) is 43.1 Å². The molecule has 12 heavy (non-hydrogen) atoms. The van der Waals surface area contributed by atoms with E-state index in [1.807, 2.05) is 0 Å². The Morgan fingerprint density at radius 1 is 1.25 bits per heavy atom. The monoisotopic (exact) mass is 360 g/mol. The maximum Gasteiger partial charge on any atom is 0.168 e. The van der Waals surface area contributed by atoms with Crippen molar-refractivity contribution < 1.29 is 46.0 Å². The minimum atomic E-state index is -0.0255. The van der Waals surface area contributed by atoms with Gasteiger partial charge in [-0.1, -0.05) is 6.08 Å². The van der Waals surface area contributed by atoms with Gasteiger partial charge in [0.15, 0.2) is 5.78 Å². The average molecular weight is 360 g/mol. The Kier molecular flexibility index (Phi) is 105. The number of ketones is 1. The van der Waals surface area contributed by atoms with Crippen LogP contribution in [0.4, 0.5) is 18.8 Å². The molecule has 0 aliphatic rings. The first-order valence-corrected chi connectivity index (χ1v) is 2.17. The molecule has 0 bridgehead atoms. The molecule has 7 heteroatoms. The molecule has 0 heterocycles. The Morgan fingerprint density at radius 2 is 1.58 bits per heavy atom. The molecule has 0 atom stereocenters. The molecule has 0 saturated heterocycles. The quantitative estimate of drug-likeness (QED) is 0.582. The van der Waals surface area contributed by atoms with Crippen LogP contribution < -0.4 is 5.73 Å². The van der Waals surface area contributed by atoms with Crippen molar-refractivity contribution in [2.24, 2.45) is 5.73 Å². The van der Waals surface area contributed by atoms with Gasteiger partial charge < -0.3 is 5.73 Å². The van der Waals surface area contributed by atoms with E-state index in [0.717, 1.165) is 0 Å². The summed E-state index contributed by atoms with van der Waals surface area (Å²) < 4.78 is 0. The van der Waals surface area contributed by atoms with Gasteiger partial charge in [0.25, 0.3) is 0 Å². The largest absolute Gasteiger partial charge is 0.324 e. The van der Waals surface area contributed by atoms with Gasteiger partial charge >= 0.3 is 0 Å². The second-order valence-electron chi connectivity index (χ2n) is 1.17. The molecule has 0 saturated carbocycles. The van der Waals surface area contributed by atoms with Gasteiger partial charge in [-0.05, 0) is 13.0 Å². The molecular weight excluding hydrogens is 347 g/mol. The summed E-state index contributed by atoms with van der Waals surface area (Å²) >= 11 is 0. The van der Waals surface area contributed by atoms with Gasteiger partial charge in [0, 0.05) is 22.4 Å². The van der Waals surface area contributed by atoms with Gasteiger partial charge in [-0.15, -0.1) is 0 Å². The zero-order valence-corrected chi connectivity index (χ0v) is 9.64. The molecule has 77 valence electrons.